The van der Waals surface area contributed by atoms with Crippen molar-refractivity contribution >= 4 is 33.2 Å². The fourth-order valence-electron chi connectivity index (χ4n) is 1.96. The van der Waals surface area contributed by atoms with Crippen LogP contribution in [-0.4, -0.2) is 12.6 Å². The Morgan fingerprint density at radius 3 is 2.73 bits per heavy atom. The van der Waals surface area contributed by atoms with Crippen LogP contribution < -0.4 is 4.90 Å². The maximum absolute atomic E-state index is 6.20. The molecule has 15 heavy (non-hydrogen) atoms. The number of hydrogen-bond donors (Lipinski definition) is 0. The molecule has 0 atom stereocenters. The zero-order valence-corrected chi connectivity index (χ0v) is 11.2. The van der Waals surface area contributed by atoms with Crippen molar-refractivity contribution in [2.75, 3.05) is 11.4 Å². The van der Waals surface area contributed by atoms with Crippen LogP contribution >= 0.6 is 27.5 Å². The Hall–Kier alpha value is -0.210. The van der Waals surface area contributed by atoms with Crippen LogP contribution in [0.4, 0.5) is 5.69 Å². The Balaban J connectivity index is 2.36. The van der Waals surface area contributed by atoms with Crippen LogP contribution in [0.5, 0.6) is 0 Å². The quantitative estimate of drug-likeness (QED) is 0.750. The molecule has 2 rings (SSSR count). The van der Waals surface area contributed by atoms with Crippen molar-refractivity contribution in [1.82, 2.24) is 0 Å². The molecule has 0 spiro atoms. The summed E-state index contributed by atoms with van der Waals surface area (Å²) >= 11 is 9.71. The lowest BCUT2D eigenvalue weighted by Gasteiger charge is -2.25. The normalized spacial score (nSPS) is 15.4. The predicted molar refractivity (Wildman–Crippen MR) is 70.1 cm³/mol. The topological polar surface area (TPSA) is 3.24 Å². The molecule has 0 bridgehead atoms. The van der Waals surface area contributed by atoms with Gasteiger partial charge in [-0.25, -0.2) is 0 Å². The van der Waals surface area contributed by atoms with Crippen molar-refractivity contribution in [2.24, 2.45) is 0 Å². The van der Waals surface area contributed by atoms with E-state index in [0.29, 0.717) is 0 Å². The summed E-state index contributed by atoms with van der Waals surface area (Å²) < 4.78 is 0. The van der Waals surface area contributed by atoms with Gasteiger partial charge in [0.15, 0.2) is 0 Å². The lowest BCUT2D eigenvalue weighted by molar-refractivity contribution is 0.822. The summed E-state index contributed by atoms with van der Waals surface area (Å²) in [5.74, 6) is 0. The number of alkyl halides is 1. The summed E-state index contributed by atoms with van der Waals surface area (Å²) in [6, 6.07) is 6.91. The lowest BCUT2D eigenvalue weighted by atomic mass is 10.1. The molecular weight excluding hydrogens is 273 g/mol. The molecule has 0 unspecified atom stereocenters. The third-order valence-corrected chi connectivity index (χ3v) is 3.78. The zero-order chi connectivity index (χ0) is 10.8. The molecule has 1 aliphatic carbocycles. The van der Waals surface area contributed by atoms with E-state index in [1.165, 1.54) is 24.1 Å². The minimum Gasteiger partial charge on any atom is -0.369 e. The Morgan fingerprint density at radius 1 is 1.47 bits per heavy atom. The molecule has 1 aromatic carbocycles. The highest BCUT2D eigenvalue weighted by molar-refractivity contribution is 9.08. The molecule has 0 aromatic heterocycles. The standard InChI is InChI=1S/C12H15BrClN/c1-2-15(9-6-7-9)12-5-3-4-11(14)10(12)8-13/h3-5,9H,2,6-8H2,1H3. The molecule has 0 heterocycles. The molecule has 82 valence electrons. The van der Waals surface area contributed by atoms with Crippen LogP contribution in [0.15, 0.2) is 18.2 Å². The fraction of sp³-hybridized carbons (Fsp3) is 0.500. The number of anilines is 1. The van der Waals surface area contributed by atoms with E-state index >= 15 is 0 Å². The molecule has 1 aliphatic rings. The molecule has 1 nitrogen and oxygen atoms in total. The van der Waals surface area contributed by atoms with E-state index < -0.39 is 0 Å². The van der Waals surface area contributed by atoms with Crippen molar-refractivity contribution in [3.63, 3.8) is 0 Å². The second-order valence-corrected chi connectivity index (χ2v) is 4.86. The number of rotatable bonds is 4. The first-order valence-electron chi connectivity index (χ1n) is 5.38. The van der Waals surface area contributed by atoms with Crippen molar-refractivity contribution < 1.29 is 0 Å². The maximum atomic E-state index is 6.20. The van der Waals surface area contributed by atoms with Gasteiger partial charge in [-0.2, -0.15) is 0 Å². The van der Waals surface area contributed by atoms with Crippen LogP contribution in [0.1, 0.15) is 25.3 Å². The Morgan fingerprint density at radius 2 is 2.20 bits per heavy atom. The lowest BCUT2D eigenvalue weighted by Crippen LogP contribution is -2.26. The molecule has 0 aliphatic heterocycles. The summed E-state index contributed by atoms with van der Waals surface area (Å²) in [6.45, 7) is 3.27. The average molecular weight is 289 g/mol. The van der Waals surface area contributed by atoms with Gasteiger partial charge < -0.3 is 4.90 Å². The first kappa shape index (κ1) is 11.3. The van der Waals surface area contributed by atoms with Crippen LogP contribution in [0.2, 0.25) is 5.02 Å². The van der Waals surface area contributed by atoms with Gasteiger partial charge in [0, 0.05) is 34.2 Å². The zero-order valence-electron chi connectivity index (χ0n) is 8.84. The summed E-state index contributed by atoms with van der Waals surface area (Å²) in [6.07, 6.45) is 2.64. The van der Waals surface area contributed by atoms with Gasteiger partial charge in [-0.3, -0.25) is 0 Å². The smallest absolute Gasteiger partial charge is 0.0467 e. The first-order valence-corrected chi connectivity index (χ1v) is 6.87. The number of halogens is 2. The predicted octanol–water partition coefficient (Wildman–Crippen LogP) is 4.22. The number of hydrogen-bond acceptors (Lipinski definition) is 1. The highest BCUT2D eigenvalue weighted by atomic mass is 79.9. The maximum Gasteiger partial charge on any atom is 0.0467 e. The molecule has 1 saturated carbocycles. The monoisotopic (exact) mass is 287 g/mol. The van der Waals surface area contributed by atoms with Crippen molar-refractivity contribution in [3.05, 3.63) is 28.8 Å². The van der Waals surface area contributed by atoms with Gasteiger partial charge >= 0.3 is 0 Å². The van der Waals surface area contributed by atoms with Gasteiger partial charge in [0.05, 0.1) is 0 Å². The van der Waals surface area contributed by atoms with Crippen LogP contribution in [0.3, 0.4) is 0 Å². The minimum absolute atomic E-state index is 0.742. The average Bonchev–Trinajstić information content (AvgIpc) is 3.04. The second-order valence-electron chi connectivity index (χ2n) is 3.89. The molecule has 0 radical (unpaired) electrons. The molecule has 1 fully saturated rings. The second kappa shape index (κ2) is 4.75. The van der Waals surface area contributed by atoms with Gasteiger partial charge in [-0.15, -0.1) is 0 Å². The Labute approximate surface area is 105 Å². The third kappa shape index (κ3) is 2.31. The summed E-state index contributed by atoms with van der Waals surface area (Å²) in [7, 11) is 0. The van der Waals surface area contributed by atoms with E-state index in [4.69, 9.17) is 11.6 Å². The molecule has 1 aromatic rings. The summed E-state index contributed by atoms with van der Waals surface area (Å²) in [4.78, 5) is 2.46. The molecule has 0 amide bonds. The van der Waals surface area contributed by atoms with Crippen LogP contribution in [0.25, 0.3) is 0 Å². The summed E-state index contributed by atoms with van der Waals surface area (Å²) in [5, 5.41) is 1.69. The van der Waals surface area contributed by atoms with Gasteiger partial charge in [0.25, 0.3) is 0 Å². The van der Waals surface area contributed by atoms with E-state index in [0.717, 1.165) is 22.9 Å². The summed E-state index contributed by atoms with van der Waals surface area (Å²) in [5.41, 5.74) is 2.51. The van der Waals surface area contributed by atoms with E-state index in [2.05, 4.69) is 33.8 Å². The largest absolute Gasteiger partial charge is 0.369 e. The highest BCUT2D eigenvalue weighted by Gasteiger charge is 2.29. The van der Waals surface area contributed by atoms with Crippen LogP contribution in [0, 0.1) is 0 Å². The Bertz CT molecular complexity index is 349. The van der Waals surface area contributed by atoms with E-state index in [-0.39, 0.29) is 0 Å². The molecule has 3 heteroatoms. The first-order chi connectivity index (χ1) is 7.27. The molecular formula is C12H15BrClN. The SMILES string of the molecule is CCN(c1cccc(Cl)c1CBr)C1CC1. The van der Waals surface area contributed by atoms with Gasteiger partial charge in [0.2, 0.25) is 0 Å². The van der Waals surface area contributed by atoms with Crippen molar-refractivity contribution in [2.45, 2.75) is 31.1 Å². The van der Waals surface area contributed by atoms with E-state index in [9.17, 15) is 0 Å². The Kier molecular flexibility index (Phi) is 3.57. The molecule has 0 N–H and O–H groups in total. The van der Waals surface area contributed by atoms with E-state index in [1.54, 1.807) is 0 Å². The van der Waals surface area contributed by atoms with E-state index in [1.807, 2.05) is 12.1 Å². The molecule has 0 saturated heterocycles. The van der Waals surface area contributed by atoms with Crippen molar-refractivity contribution in [3.8, 4) is 0 Å². The van der Waals surface area contributed by atoms with Gasteiger partial charge in [0.1, 0.15) is 0 Å². The van der Waals surface area contributed by atoms with Crippen LogP contribution in [-0.2, 0) is 5.33 Å². The fourth-order valence-corrected chi connectivity index (χ4v) is 2.95. The van der Waals surface area contributed by atoms with Gasteiger partial charge in [-0.05, 0) is 31.9 Å². The third-order valence-electron chi connectivity index (χ3n) is 2.87. The number of nitrogens with zero attached hydrogens (tertiary/aromatic N) is 1. The van der Waals surface area contributed by atoms with Crippen molar-refractivity contribution in [1.29, 1.82) is 0 Å². The highest BCUT2D eigenvalue weighted by Crippen LogP contribution is 2.36. The number of benzene rings is 1. The minimum atomic E-state index is 0.742. The van der Waals surface area contributed by atoms with Gasteiger partial charge in [-0.1, -0.05) is 33.6 Å².